The van der Waals surface area contributed by atoms with E-state index in [2.05, 4.69) is 23.7 Å². The fourth-order valence-corrected chi connectivity index (χ4v) is 2.25. The van der Waals surface area contributed by atoms with Crippen LogP contribution < -0.4 is 9.88 Å². The Hall–Kier alpha value is -2.37. The van der Waals surface area contributed by atoms with Gasteiger partial charge in [0.25, 0.3) is 5.69 Å². The first-order valence-corrected chi connectivity index (χ1v) is 6.95. The van der Waals surface area contributed by atoms with E-state index in [4.69, 9.17) is 0 Å². The third-order valence-electron chi connectivity index (χ3n) is 3.66. The highest BCUT2D eigenvalue weighted by molar-refractivity contribution is 5.50. The summed E-state index contributed by atoms with van der Waals surface area (Å²) in [5, 5.41) is 14.2. The van der Waals surface area contributed by atoms with Crippen LogP contribution in [0.2, 0.25) is 0 Å². The van der Waals surface area contributed by atoms with Gasteiger partial charge in [-0.1, -0.05) is 6.92 Å². The first-order chi connectivity index (χ1) is 9.92. The van der Waals surface area contributed by atoms with Gasteiger partial charge in [-0.25, -0.2) is 9.13 Å². The topological polar surface area (TPSA) is 64.0 Å². The van der Waals surface area contributed by atoms with Crippen molar-refractivity contribution in [3.8, 4) is 0 Å². The van der Waals surface area contributed by atoms with E-state index in [1.807, 2.05) is 30.3 Å². The number of hydrogen-bond acceptors (Lipinski definition) is 3. The molecule has 1 atom stereocenters. The average molecular weight is 289 g/mol. The van der Waals surface area contributed by atoms with Gasteiger partial charge in [-0.3, -0.25) is 10.1 Å². The summed E-state index contributed by atoms with van der Waals surface area (Å²) in [6.45, 7) is 5.09. The molecule has 6 heteroatoms. The first-order valence-electron chi connectivity index (χ1n) is 6.95. The lowest BCUT2D eigenvalue weighted by Gasteiger charge is -2.29. The number of hydrogen-bond donors (Lipinski definition) is 1. The zero-order chi connectivity index (χ0) is 15.5. The Morgan fingerprint density at radius 3 is 2.52 bits per heavy atom. The summed E-state index contributed by atoms with van der Waals surface area (Å²) in [4.78, 5) is 10.3. The van der Waals surface area contributed by atoms with Crippen molar-refractivity contribution < 1.29 is 9.49 Å². The van der Waals surface area contributed by atoms with Gasteiger partial charge in [0.05, 0.1) is 17.5 Å². The number of imidazole rings is 1. The van der Waals surface area contributed by atoms with Crippen LogP contribution in [-0.4, -0.2) is 15.0 Å². The summed E-state index contributed by atoms with van der Waals surface area (Å²) >= 11 is 0. The van der Waals surface area contributed by atoms with Crippen molar-refractivity contribution in [3.05, 3.63) is 53.1 Å². The van der Waals surface area contributed by atoms with Crippen molar-refractivity contribution in [1.29, 1.82) is 0 Å². The Labute approximate surface area is 124 Å². The predicted octanol–water partition coefficient (Wildman–Crippen LogP) is 2.50. The summed E-state index contributed by atoms with van der Waals surface area (Å²) in [7, 11) is 1.99. The third kappa shape index (κ3) is 3.81. The van der Waals surface area contributed by atoms with E-state index in [0.717, 1.165) is 18.7 Å². The Morgan fingerprint density at radius 2 is 2.05 bits per heavy atom. The molecule has 1 heterocycles. The minimum absolute atomic E-state index is 0.108. The molecule has 0 amide bonds. The highest BCUT2D eigenvalue weighted by Gasteiger charge is 2.25. The maximum atomic E-state index is 10.7. The normalized spacial score (nSPS) is 13.7. The molecular formula is C15H21N4O2+. The molecular weight excluding hydrogens is 268 g/mol. The van der Waals surface area contributed by atoms with E-state index < -0.39 is 0 Å². The summed E-state index contributed by atoms with van der Waals surface area (Å²) in [6.07, 6.45) is 7.00. The summed E-state index contributed by atoms with van der Waals surface area (Å²) in [5.41, 5.74) is 0.875. The van der Waals surface area contributed by atoms with E-state index in [1.54, 1.807) is 12.1 Å². The van der Waals surface area contributed by atoms with Crippen molar-refractivity contribution in [1.82, 2.24) is 4.57 Å². The van der Waals surface area contributed by atoms with Crippen molar-refractivity contribution in [3.63, 3.8) is 0 Å². The standard InChI is InChI=1S/C15H21N4O2/c1-4-15(2,11-18-10-9-17(3)12-18)16-13-5-7-14(8-6-13)19(20)21/h5-10,12,16H,4,11H2,1-3H3/q+1. The Bertz CT molecular complexity index is 621. The second-order valence-electron chi connectivity index (χ2n) is 5.59. The van der Waals surface area contributed by atoms with Gasteiger partial charge >= 0.3 is 0 Å². The molecule has 0 aliphatic heterocycles. The molecule has 0 bridgehead atoms. The minimum Gasteiger partial charge on any atom is -0.376 e. The van der Waals surface area contributed by atoms with Gasteiger partial charge in [-0.2, -0.15) is 0 Å². The highest BCUT2D eigenvalue weighted by Crippen LogP contribution is 2.22. The number of non-ortho nitro benzene ring substituents is 1. The van der Waals surface area contributed by atoms with Gasteiger partial charge in [0.15, 0.2) is 0 Å². The molecule has 0 spiro atoms. The van der Waals surface area contributed by atoms with Crippen LogP contribution in [-0.2, 0) is 13.6 Å². The van der Waals surface area contributed by atoms with Gasteiger partial charge in [-0.05, 0) is 25.5 Å². The van der Waals surface area contributed by atoms with Gasteiger partial charge in [0.1, 0.15) is 18.9 Å². The monoisotopic (exact) mass is 289 g/mol. The molecule has 1 aromatic heterocycles. The fraction of sp³-hybridized carbons (Fsp3) is 0.400. The molecule has 0 aliphatic carbocycles. The van der Waals surface area contributed by atoms with E-state index in [-0.39, 0.29) is 16.1 Å². The lowest BCUT2D eigenvalue weighted by molar-refractivity contribution is -0.671. The number of benzene rings is 1. The van der Waals surface area contributed by atoms with Gasteiger partial charge in [-0.15, -0.1) is 0 Å². The lowest BCUT2D eigenvalue weighted by Crippen LogP contribution is -2.39. The summed E-state index contributed by atoms with van der Waals surface area (Å²) < 4.78 is 4.13. The van der Waals surface area contributed by atoms with Gasteiger partial charge in [0, 0.05) is 17.8 Å². The van der Waals surface area contributed by atoms with E-state index in [9.17, 15) is 10.1 Å². The van der Waals surface area contributed by atoms with Gasteiger partial charge in [0.2, 0.25) is 6.33 Å². The Kier molecular flexibility index (Phi) is 4.26. The number of nitrogens with one attached hydrogen (secondary N) is 1. The average Bonchev–Trinajstić information content (AvgIpc) is 2.84. The molecule has 21 heavy (non-hydrogen) atoms. The second kappa shape index (κ2) is 5.95. The molecule has 112 valence electrons. The van der Waals surface area contributed by atoms with Crippen molar-refractivity contribution in [2.45, 2.75) is 32.4 Å². The number of aryl methyl sites for hydroxylation is 1. The zero-order valence-electron chi connectivity index (χ0n) is 12.6. The van der Waals surface area contributed by atoms with Crippen LogP contribution in [0.4, 0.5) is 11.4 Å². The largest absolute Gasteiger partial charge is 0.376 e. The van der Waals surface area contributed by atoms with E-state index in [0.29, 0.717) is 0 Å². The quantitative estimate of drug-likeness (QED) is 0.505. The van der Waals surface area contributed by atoms with E-state index in [1.165, 1.54) is 12.1 Å². The number of nitrogens with zero attached hydrogens (tertiary/aromatic N) is 3. The molecule has 6 nitrogen and oxygen atoms in total. The predicted molar refractivity (Wildman–Crippen MR) is 81.0 cm³/mol. The highest BCUT2D eigenvalue weighted by atomic mass is 16.6. The van der Waals surface area contributed by atoms with Crippen LogP contribution in [0.15, 0.2) is 43.0 Å². The van der Waals surface area contributed by atoms with Gasteiger partial charge < -0.3 is 5.32 Å². The zero-order valence-corrected chi connectivity index (χ0v) is 12.6. The number of rotatable bonds is 6. The van der Waals surface area contributed by atoms with E-state index >= 15 is 0 Å². The Morgan fingerprint density at radius 1 is 1.38 bits per heavy atom. The molecule has 0 aliphatic rings. The number of nitro benzene ring substituents is 1. The van der Waals surface area contributed by atoms with Crippen LogP contribution in [0.3, 0.4) is 0 Å². The van der Waals surface area contributed by atoms with Crippen LogP contribution in [0.25, 0.3) is 0 Å². The molecule has 1 aromatic carbocycles. The maximum absolute atomic E-state index is 10.7. The maximum Gasteiger partial charge on any atom is 0.269 e. The molecule has 0 saturated heterocycles. The number of nitro groups is 1. The molecule has 2 aromatic rings. The first kappa shape index (κ1) is 15.0. The van der Waals surface area contributed by atoms with Crippen molar-refractivity contribution in [2.24, 2.45) is 7.05 Å². The van der Waals surface area contributed by atoms with Crippen molar-refractivity contribution >= 4 is 11.4 Å². The number of anilines is 1. The minimum atomic E-state index is -0.386. The third-order valence-corrected chi connectivity index (χ3v) is 3.66. The molecule has 0 radical (unpaired) electrons. The fourth-order valence-electron chi connectivity index (χ4n) is 2.25. The molecule has 0 saturated carbocycles. The van der Waals surface area contributed by atoms with Crippen molar-refractivity contribution in [2.75, 3.05) is 5.32 Å². The molecule has 2 rings (SSSR count). The second-order valence-corrected chi connectivity index (χ2v) is 5.59. The SMILES string of the molecule is CCC(C)(Cn1cc[n+](C)c1)Nc1ccc([N+](=O)[O-])cc1. The molecule has 1 unspecified atom stereocenters. The van der Waals surface area contributed by atoms with Crippen LogP contribution in [0.5, 0.6) is 0 Å². The smallest absolute Gasteiger partial charge is 0.269 e. The van der Waals surface area contributed by atoms with Crippen LogP contribution in [0.1, 0.15) is 20.3 Å². The molecule has 0 fully saturated rings. The lowest BCUT2D eigenvalue weighted by atomic mass is 9.98. The summed E-state index contributed by atoms with van der Waals surface area (Å²) in [5.74, 6) is 0. The number of aromatic nitrogens is 2. The summed E-state index contributed by atoms with van der Waals surface area (Å²) in [6, 6.07) is 6.55. The van der Waals surface area contributed by atoms with Crippen LogP contribution in [0, 0.1) is 10.1 Å². The Balaban J connectivity index is 2.11. The van der Waals surface area contributed by atoms with Crippen LogP contribution >= 0.6 is 0 Å². The molecule has 1 N–H and O–H groups in total.